The van der Waals surface area contributed by atoms with Gasteiger partial charge in [-0.3, -0.25) is 0 Å². The number of rotatable bonds is 5. The van der Waals surface area contributed by atoms with Gasteiger partial charge in [0.25, 0.3) is 0 Å². The van der Waals surface area contributed by atoms with Crippen LogP contribution in [-0.2, 0) is 0 Å². The standard InChI is InChI=1S/C11H18N6/c1-7-16(5)10-12-9(15(3)4)13-11(14-10)17(6)8-2/h7-8H,1-2H2,3-6H3. The first-order chi connectivity index (χ1) is 7.99. The highest BCUT2D eigenvalue weighted by molar-refractivity contribution is 5.47. The van der Waals surface area contributed by atoms with Gasteiger partial charge in [-0.15, -0.1) is 0 Å². The van der Waals surface area contributed by atoms with Crippen LogP contribution in [0.4, 0.5) is 17.8 Å². The van der Waals surface area contributed by atoms with Crippen LogP contribution in [0.5, 0.6) is 0 Å². The monoisotopic (exact) mass is 234 g/mol. The molecule has 0 radical (unpaired) electrons. The van der Waals surface area contributed by atoms with Crippen molar-refractivity contribution in [3.63, 3.8) is 0 Å². The Labute approximate surface area is 102 Å². The molecule has 0 unspecified atom stereocenters. The van der Waals surface area contributed by atoms with Gasteiger partial charge in [-0.05, 0) is 12.4 Å². The first-order valence-corrected chi connectivity index (χ1v) is 5.13. The van der Waals surface area contributed by atoms with Crippen LogP contribution in [0.3, 0.4) is 0 Å². The van der Waals surface area contributed by atoms with E-state index in [1.165, 1.54) is 0 Å². The lowest BCUT2D eigenvalue weighted by Gasteiger charge is -2.19. The van der Waals surface area contributed by atoms with Crippen LogP contribution < -0.4 is 14.7 Å². The van der Waals surface area contributed by atoms with Crippen molar-refractivity contribution in [3.8, 4) is 0 Å². The molecule has 0 aliphatic rings. The Balaban J connectivity index is 3.27. The van der Waals surface area contributed by atoms with Crippen LogP contribution in [0.2, 0.25) is 0 Å². The molecular formula is C11H18N6. The van der Waals surface area contributed by atoms with Gasteiger partial charge in [-0.1, -0.05) is 13.2 Å². The van der Waals surface area contributed by atoms with Crippen molar-refractivity contribution < 1.29 is 0 Å². The molecule has 1 rings (SSSR count). The van der Waals surface area contributed by atoms with Crippen LogP contribution in [0.1, 0.15) is 0 Å². The van der Waals surface area contributed by atoms with E-state index in [9.17, 15) is 0 Å². The minimum atomic E-state index is 0.544. The summed E-state index contributed by atoms with van der Waals surface area (Å²) in [4.78, 5) is 18.2. The zero-order valence-electron chi connectivity index (χ0n) is 10.8. The topological polar surface area (TPSA) is 48.4 Å². The Morgan fingerprint density at radius 1 is 0.765 bits per heavy atom. The predicted octanol–water partition coefficient (Wildman–Crippen LogP) is 1.10. The molecule has 0 aliphatic carbocycles. The molecule has 17 heavy (non-hydrogen) atoms. The zero-order chi connectivity index (χ0) is 13.0. The molecule has 0 aliphatic heterocycles. The van der Waals surface area contributed by atoms with Crippen LogP contribution in [0.25, 0.3) is 0 Å². The van der Waals surface area contributed by atoms with Crippen molar-refractivity contribution in [1.29, 1.82) is 0 Å². The van der Waals surface area contributed by atoms with Gasteiger partial charge in [0.2, 0.25) is 17.8 Å². The molecule has 6 nitrogen and oxygen atoms in total. The lowest BCUT2D eigenvalue weighted by atomic mass is 10.6. The van der Waals surface area contributed by atoms with Crippen LogP contribution >= 0.6 is 0 Å². The van der Waals surface area contributed by atoms with Crippen molar-refractivity contribution >= 4 is 17.8 Å². The van der Waals surface area contributed by atoms with Gasteiger partial charge in [0.05, 0.1) is 0 Å². The summed E-state index contributed by atoms with van der Waals surface area (Å²) >= 11 is 0. The Morgan fingerprint density at radius 3 is 1.41 bits per heavy atom. The molecule has 0 amide bonds. The van der Waals surface area contributed by atoms with E-state index in [1.807, 2.05) is 33.1 Å². The summed E-state index contributed by atoms with van der Waals surface area (Å²) < 4.78 is 0. The Bertz CT molecular complexity index is 382. The van der Waals surface area contributed by atoms with Crippen molar-refractivity contribution in [2.24, 2.45) is 0 Å². The molecule has 0 atom stereocenters. The fourth-order valence-electron chi connectivity index (χ4n) is 1.02. The summed E-state index contributed by atoms with van der Waals surface area (Å²) in [6.07, 6.45) is 3.29. The SMILES string of the molecule is C=CN(C)c1nc(N(C)C)nc(N(C)C=C)n1. The quantitative estimate of drug-likeness (QED) is 0.760. The number of aromatic nitrogens is 3. The summed E-state index contributed by atoms with van der Waals surface area (Å²) in [5.74, 6) is 1.68. The first kappa shape index (κ1) is 13.0. The second-order valence-electron chi connectivity index (χ2n) is 3.72. The Kier molecular flexibility index (Phi) is 4.03. The van der Waals surface area contributed by atoms with Crippen molar-refractivity contribution in [3.05, 3.63) is 25.6 Å². The molecule has 0 saturated carbocycles. The van der Waals surface area contributed by atoms with Crippen LogP contribution in [0, 0.1) is 0 Å². The van der Waals surface area contributed by atoms with Crippen molar-refractivity contribution in [2.75, 3.05) is 42.9 Å². The normalized spacial score (nSPS) is 9.65. The highest BCUT2D eigenvalue weighted by atomic mass is 15.4. The molecule has 0 spiro atoms. The minimum absolute atomic E-state index is 0.544. The molecule has 0 N–H and O–H groups in total. The third-order valence-electron chi connectivity index (χ3n) is 2.18. The average molecular weight is 234 g/mol. The Morgan fingerprint density at radius 2 is 1.12 bits per heavy atom. The van der Waals surface area contributed by atoms with Crippen LogP contribution in [0.15, 0.2) is 25.6 Å². The lowest BCUT2D eigenvalue weighted by Crippen LogP contribution is -2.21. The summed E-state index contributed by atoms with van der Waals surface area (Å²) in [5.41, 5.74) is 0. The van der Waals surface area contributed by atoms with Crippen molar-refractivity contribution in [1.82, 2.24) is 15.0 Å². The van der Waals surface area contributed by atoms with Gasteiger partial charge >= 0.3 is 0 Å². The fraction of sp³-hybridized carbons (Fsp3) is 0.364. The molecule has 0 bridgehead atoms. The molecule has 6 heteroatoms. The van der Waals surface area contributed by atoms with Crippen molar-refractivity contribution in [2.45, 2.75) is 0 Å². The smallest absolute Gasteiger partial charge is 0.235 e. The summed E-state index contributed by atoms with van der Waals surface area (Å²) in [6.45, 7) is 7.37. The molecule has 0 aromatic carbocycles. The third-order valence-corrected chi connectivity index (χ3v) is 2.18. The number of hydrogen-bond donors (Lipinski definition) is 0. The first-order valence-electron chi connectivity index (χ1n) is 5.13. The largest absolute Gasteiger partial charge is 0.347 e. The maximum atomic E-state index is 4.32. The van der Waals surface area contributed by atoms with E-state index in [0.29, 0.717) is 17.8 Å². The van der Waals surface area contributed by atoms with E-state index in [1.54, 1.807) is 22.2 Å². The molecule has 0 saturated heterocycles. The third kappa shape index (κ3) is 2.93. The number of hydrogen-bond acceptors (Lipinski definition) is 6. The highest BCUT2D eigenvalue weighted by Gasteiger charge is 2.11. The lowest BCUT2D eigenvalue weighted by molar-refractivity contribution is 0.908. The number of nitrogens with zero attached hydrogens (tertiary/aromatic N) is 6. The second kappa shape index (κ2) is 5.29. The van der Waals surface area contributed by atoms with E-state index >= 15 is 0 Å². The summed E-state index contributed by atoms with van der Waals surface area (Å²) in [6, 6.07) is 0. The Hall–Kier alpha value is -2.11. The maximum Gasteiger partial charge on any atom is 0.235 e. The van der Waals surface area contributed by atoms with E-state index in [2.05, 4.69) is 28.1 Å². The van der Waals surface area contributed by atoms with E-state index in [4.69, 9.17) is 0 Å². The minimum Gasteiger partial charge on any atom is -0.347 e. The van der Waals surface area contributed by atoms with E-state index in [-0.39, 0.29) is 0 Å². The summed E-state index contributed by atoms with van der Waals surface area (Å²) in [7, 11) is 7.42. The molecule has 0 fully saturated rings. The predicted molar refractivity (Wildman–Crippen MR) is 71.4 cm³/mol. The van der Waals surface area contributed by atoms with Gasteiger partial charge in [-0.25, -0.2) is 0 Å². The molecule has 1 aromatic rings. The van der Waals surface area contributed by atoms with E-state index < -0.39 is 0 Å². The van der Waals surface area contributed by atoms with Gasteiger partial charge in [-0.2, -0.15) is 15.0 Å². The molecule has 1 aromatic heterocycles. The maximum absolute atomic E-state index is 4.32. The molecule has 1 heterocycles. The molecular weight excluding hydrogens is 216 g/mol. The summed E-state index contributed by atoms with van der Waals surface area (Å²) in [5, 5.41) is 0. The zero-order valence-corrected chi connectivity index (χ0v) is 10.8. The van der Waals surface area contributed by atoms with Gasteiger partial charge in [0, 0.05) is 28.2 Å². The second-order valence-corrected chi connectivity index (χ2v) is 3.72. The number of anilines is 3. The average Bonchev–Trinajstić information content (AvgIpc) is 2.36. The van der Waals surface area contributed by atoms with Gasteiger partial charge in [0.15, 0.2) is 0 Å². The van der Waals surface area contributed by atoms with Gasteiger partial charge in [0.1, 0.15) is 0 Å². The van der Waals surface area contributed by atoms with Gasteiger partial charge < -0.3 is 14.7 Å². The van der Waals surface area contributed by atoms with Crippen LogP contribution in [-0.4, -0.2) is 43.1 Å². The van der Waals surface area contributed by atoms with E-state index in [0.717, 1.165) is 0 Å². The highest BCUT2D eigenvalue weighted by Crippen LogP contribution is 2.16. The fourth-order valence-corrected chi connectivity index (χ4v) is 1.02. The molecule has 92 valence electrons.